The summed E-state index contributed by atoms with van der Waals surface area (Å²) in [4.78, 5) is 16.0. The maximum Gasteiger partial charge on any atom is 0.215 e. The zero-order chi connectivity index (χ0) is 13.3. The van der Waals surface area contributed by atoms with E-state index in [1.807, 2.05) is 0 Å². The Morgan fingerprint density at radius 3 is 2.78 bits per heavy atom. The van der Waals surface area contributed by atoms with Crippen LogP contribution in [-0.4, -0.2) is 10.8 Å². The van der Waals surface area contributed by atoms with Crippen molar-refractivity contribution in [3.05, 3.63) is 51.5 Å². The third-order valence-electron chi connectivity index (χ3n) is 2.34. The molecular weight excluding hydrogens is 258 g/mol. The first kappa shape index (κ1) is 12.8. The lowest BCUT2D eigenvalue weighted by molar-refractivity contribution is 0.103. The van der Waals surface area contributed by atoms with Crippen LogP contribution in [0.2, 0.25) is 0 Å². The van der Waals surface area contributed by atoms with Gasteiger partial charge in [-0.15, -0.1) is 11.3 Å². The fourth-order valence-corrected chi connectivity index (χ4v) is 2.18. The van der Waals surface area contributed by atoms with Crippen molar-refractivity contribution in [2.45, 2.75) is 13.0 Å². The van der Waals surface area contributed by atoms with Gasteiger partial charge in [-0.1, -0.05) is 6.07 Å². The van der Waals surface area contributed by atoms with E-state index in [1.54, 1.807) is 6.92 Å². The first-order valence-corrected chi connectivity index (χ1v) is 6.08. The van der Waals surface area contributed by atoms with Crippen molar-refractivity contribution < 1.29 is 13.6 Å². The molecule has 0 saturated heterocycles. The number of hydrogen-bond acceptors (Lipinski definition) is 4. The van der Waals surface area contributed by atoms with Gasteiger partial charge >= 0.3 is 0 Å². The summed E-state index contributed by atoms with van der Waals surface area (Å²) in [5.41, 5.74) is 5.38. The Kier molecular flexibility index (Phi) is 3.49. The first-order valence-electron chi connectivity index (χ1n) is 5.20. The van der Waals surface area contributed by atoms with Gasteiger partial charge in [0.1, 0.15) is 10.7 Å². The summed E-state index contributed by atoms with van der Waals surface area (Å²) in [5.74, 6) is -2.85. The zero-order valence-corrected chi connectivity index (χ0v) is 10.3. The number of ketones is 1. The molecule has 0 aliphatic carbocycles. The highest BCUT2D eigenvalue weighted by Gasteiger charge is 2.19. The standard InChI is InChI=1S/C12H10F2N2OS/c1-6(15)12-16-9(5-18-12)11(17)7-3-2-4-8(13)10(7)14/h2-6H,15H2,1H3. The van der Waals surface area contributed by atoms with Gasteiger partial charge in [-0.25, -0.2) is 13.8 Å². The van der Waals surface area contributed by atoms with Crippen molar-refractivity contribution in [2.75, 3.05) is 0 Å². The van der Waals surface area contributed by atoms with Gasteiger partial charge in [0, 0.05) is 5.38 Å². The summed E-state index contributed by atoms with van der Waals surface area (Å²) in [5, 5.41) is 2.07. The predicted molar refractivity (Wildman–Crippen MR) is 64.5 cm³/mol. The number of nitrogens with zero attached hydrogens (tertiary/aromatic N) is 1. The summed E-state index contributed by atoms with van der Waals surface area (Å²) >= 11 is 1.22. The average Bonchev–Trinajstić information content (AvgIpc) is 2.81. The van der Waals surface area contributed by atoms with Crippen molar-refractivity contribution in [3.8, 4) is 0 Å². The molecule has 2 N–H and O–H groups in total. The van der Waals surface area contributed by atoms with Crippen LogP contribution in [0.5, 0.6) is 0 Å². The summed E-state index contributed by atoms with van der Waals surface area (Å²) in [6.45, 7) is 1.73. The normalized spacial score (nSPS) is 12.4. The van der Waals surface area contributed by atoms with Crippen molar-refractivity contribution in [1.29, 1.82) is 0 Å². The van der Waals surface area contributed by atoms with Gasteiger partial charge in [-0.05, 0) is 19.1 Å². The van der Waals surface area contributed by atoms with E-state index in [9.17, 15) is 13.6 Å². The Labute approximate surface area is 106 Å². The van der Waals surface area contributed by atoms with E-state index < -0.39 is 17.4 Å². The molecule has 1 heterocycles. The van der Waals surface area contributed by atoms with Crippen LogP contribution in [0.1, 0.15) is 34.0 Å². The van der Waals surface area contributed by atoms with Crippen molar-refractivity contribution in [1.82, 2.24) is 4.98 Å². The summed E-state index contributed by atoms with van der Waals surface area (Å²) in [7, 11) is 0. The van der Waals surface area contributed by atoms with Crippen LogP contribution in [0.15, 0.2) is 23.6 Å². The van der Waals surface area contributed by atoms with Crippen molar-refractivity contribution in [3.63, 3.8) is 0 Å². The molecule has 94 valence electrons. The Bertz CT molecular complexity index is 596. The molecule has 2 rings (SSSR count). The van der Waals surface area contributed by atoms with Gasteiger partial charge in [0.05, 0.1) is 11.6 Å². The average molecular weight is 268 g/mol. The summed E-state index contributed by atoms with van der Waals surface area (Å²) in [6.07, 6.45) is 0. The third kappa shape index (κ3) is 2.30. The molecule has 1 unspecified atom stereocenters. The minimum Gasteiger partial charge on any atom is -0.322 e. The van der Waals surface area contributed by atoms with E-state index in [4.69, 9.17) is 5.73 Å². The van der Waals surface area contributed by atoms with E-state index in [0.717, 1.165) is 6.07 Å². The van der Waals surface area contributed by atoms with Crippen LogP contribution in [0, 0.1) is 11.6 Å². The highest BCUT2D eigenvalue weighted by atomic mass is 32.1. The van der Waals surface area contributed by atoms with Gasteiger partial charge < -0.3 is 5.73 Å². The van der Waals surface area contributed by atoms with Crippen LogP contribution in [-0.2, 0) is 0 Å². The Morgan fingerprint density at radius 1 is 1.44 bits per heavy atom. The van der Waals surface area contributed by atoms with Crippen molar-refractivity contribution in [2.24, 2.45) is 5.73 Å². The number of thiazole rings is 1. The van der Waals surface area contributed by atoms with Crippen LogP contribution in [0.4, 0.5) is 8.78 Å². The lowest BCUT2D eigenvalue weighted by Crippen LogP contribution is -2.08. The maximum absolute atomic E-state index is 13.5. The number of aromatic nitrogens is 1. The van der Waals surface area contributed by atoms with Crippen LogP contribution >= 0.6 is 11.3 Å². The molecule has 0 bridgehead atoms. The molecule has 3 nitrogen and oxygen atoms in total. The second-order valence-electron chi connectivity index (χ2n) is 3.79. The Balaban J connectivity index is 2.38. The van der Waals surface area contributed by atoms with Gasteiger partial charge in [0.15, 0.2) is 11.6 Å². The molecule has 0 radical (unpaired) electrons. The second-order valence-corrected chi connectivity index (χ2v) is 4.68. The maximum atomic E-state index is 13.5. The molecule has 6 heteroatoms. The number of carbonyl (C=O) groups is 1. The monoisotopic (exact) mass is 268 g/mol. The number of hydrogen-bond donors (Lipinski definition) is 1. The molecule has 1 aromatic carbocycles. The summed E-state index contributed by atoms with van der Waals surface area (Å²) < 4.78 is 26.5. The zero-order valence-electron chi connectivity index (χ0n) is 9.48. The Hall–Kier alpha value is -1.66. The molecule has 1 aromatic heterocycles. The highest BCUT2D eigenvalue weighted by molar-refractivity contribution is 7.09. The highest BCUT2D eigenvalue weighted by Crippen LogP contribution is 2.20. The number of nitrogens with two attached hydrogens (primary N) is 1. The molecule has 0 fully saturated rings. The fraction of sp³-hybridized carbons (Fsp3) is 0.167. The van der Waals surface area contributed by atoms with Gasteiger partial charge in [-0.2, -0.15) is 0 Å². The van der Waals surface area contributed by atoms with E-state index in [1.165, 1.54) is 28.8 Å². The second kappa shape index (κ2) is 4.91. The molecule has 0 aliphatic heterocycles. The topological polar surface area (TPSA) is 56.0 Å². The van der Waals surface area contributed by atoms with E-state index in [2.05, 4.69) is 4.98 Å². The van der Waals surface area contributed by atoms with Crippen LogP contribution < -0.4 is 5.73 Å². The van der Waals surface area contributed by atoms with Crippen LogP contribution in [0.25, 0.3) is 0 Å². The molecule has 1 atom stereocenters. The number of rotatable bonds is 3. The quantitative estimate of drug-likeness (QED) is 0.871. The van der Waals surface area contributed by atoms with Gasteiger partial charge in [-0.3, -0.25) is 4.79 Å². The third-order valence-corrected chi connectivity index (χ3v) is 3.39. The smallest absolute Gasteiger partial charge is 0.215 e. The van der Waals surface area contributed by atoms with Crippen molar-refractivity contribution >= 4 is 17.1 Å². The molecular formula is C12H10F2N2OS. The lowest BCUT2D eigenvalue weighted by Gasteiger charge is -2.01. The predicted octanol–water partition coefficient (Wildman–Crippen LogP) is 2.67. The lowest BCUT2D eigenvalue weighted by atomic mass is 10.1. The molecule has 0 aliphatic rings. The molecule has 2 aromatic rings. The van der Waals surface area contributed by atoms with Crippen LogP contribution in [0.3, 0.4) is 0 Å². The minimum absolute atomic E-state index is 0.0804. The van der Waals surface area contributed by atoms with Gasteiger partial charge in [0.2, 0.25) is 5.78 Å². The summed E-state index contributed by atoms with van der Waals surface area (Å²) in [6, 6.07) is 3.17. The first-order chi connectivity index (χ1) is 8.50. The number of carbonyl (C=O) groups excluding carboxylic acids is 1. The fourth-order valence-electron chi connectivity index (χ4n) is 1.42. The van der Waals surface area contributed by atoms with E-state index >= 15 is 0 Å². The largest absolute Gasteiger partial charge is 0.322 e. The minimum atomic E-state index is -1.15. The number of benzene rings is 1. The number of halogens is 2. The SMILES string of the molecule is CC(N)c1nc(C(=O)c2cccc(F)c2F)cs1. The Morgan fingerprint density at radius 2 is 2.17 bits per heavy atom. The van der Waals surface area contributed by atoms with Gasteiger partial charge in [0.25, 0.3) is 0 Å². The molecule has 0 spiro atoms. The van der Waals surface area contributed by atoms with E-state index in [0.29, 0.717) is 5.01 Å². The molecule has 18 heavy (non-hydrogen) atoms. The molecule has 0 amide bonds. The van der Waals surface area contributed by atoms with E-state index in [-0.39, 0.29) is 17.3 Å². The molecule has 0 saturated carbocycles.